The highest BCUT2D eigenvalue weighted by Gasteiger charge is 2.09. The predicted octanol–water partition coefficient (Wildman–Crippen LogP) is 4.45. The topological polar surface area (TPSA) is 0 Å². The van der Waals surface area contributed by atoms with Crippen molar-refractivity contribution in [1.29, 1.82) is 0 Å². The van der Waals surface area contributed by atoms with Crippen LogP contribution in [0.1, 0.15) is 59.8 Å². The van der Waals surface area contributed by atoms with Gasteiger partial charge in [-0.1, -0.05) is 59.8 Å². The van der Waals surface area contributed by atoms with E-state index >= 15 is 0 Å². The summed E-state index contributed by atoms with van der Waals surface area (Å²) in [5, 5.41) is 0. The Balaban J connectivity index is 3.44. The molecule has 0 aliphatic heterocycles. The summed E-state index contributed by atoms with van der Waals surface area (Å²) in [6.45, 7) is 9.20. The first-order valence-corrected chi connectivity index (χ1v) is 5.59. The van der Waals surface area contributed by atoms with Gasteiger partial charge in [-0.2, -0.15) is 0 Å². The zero-order valence-electron chi connectivity index (χ0n) is 9.27. The normalized spacial score (nSPS) is 13.8. The molecular formula is C12H25. The number of hydrogen-bond acceptors (Lipinski definition) is 0. The quantitative estimate of drug-likeness (QED) is 0.528. The van der Waals surface area contributed by atoms with Crippen molar-refractivity contribution in [2.75, 3.05) is 0 Å². The molecule has 73 valence electrons. The lowest BCUT2D eigenvalue weighted by molar-refractivity contribution is 0.456. The van der Waals surface area contributed by atoms with Crippen molar-refractivity contribution in [1.82, 2.24) is 0 Å². The third-order valence-electron chi connectivity index (χ3n) is 2.66. The molecule has 12 heavy (non-hydrogen) atoms. The SMILES string of the molecule is CCCCC(C)[CH]C(CC)CC. The van der Waals surface area contributed by atoms with Gasteiger partial charge in [-0.15, -0.1) is 0 Å². The lowest BCUT2D eigenvalue weighted by Gasteiger charge is -2.17. The molecule has 0 bridgehead atoms. The molecule has 0 heterocycles. The maximum atomic E-state index is 2.55. The van der Waals surface area contributed by atoms with Gasteiger partial charge in [-0.3, -0.25) is 0 Å². The van der Waals surface area contributed by atoms with Crippen LogP contribution in [0.5, 0.6) is 0 Å². The maximum Gasteiger partial charge on any atom is -0.0327 e. The van der Waals surface area contributed by atoms with Gasteiger partial charge in [0.1, 0.15) is 0 Å². The molecule has 1 unspecified atom stereocenters. The van der Waals surface area contributed by atoms with E-state index in [1.54, 1.807) is 0 Å². The van der Waals surface area contributed by atoms with Gasteiger partial charge in [0.25, 0.3) is 0 Å². The van der Waals surface area contributed by atoms with E-state index in [9.17, 15) is 0 Å². The van der Waals surface area contributed by atoms with Crippen molar-refractivity contribution >= 4 is 0 Å². The van der Waals surface area contributed by atoms with Crippen LogP contribution in [0.4, 0.5) is 0 Å². The number of rotatable bonds is 7. The standard InChI is InChI=1S/C12H25/c1-5-8-9-11(4)10-12(6-2)7-3/h10-12H,5-9H2,1-4H3. The van der Waals surface area contributed by atoms with E-state index in [2.05, 4.69) is 34.1 Å². The van der Waals surface area contributed by atoms with E-state index in [-0.39, 0.29) is 0 Å². The van der Waals surface area contributed by atoms with Crippen LogP contribution in [0.2, 0.25) is 0 Å². The van der Waals surface area contributed by atoms with Crippen LogP contribution in [0.25, 0.3) is 0 Å². The molecule has 0 aliphatic rings. The minimum absolute atomic E-state index is 0.829. The first-order chi connectivity index (χ1) is 5.74. The average Bonchev–Trinajstić information content (AvgIpc) is 2.10. The number of hydrogen-bond donors (Lipinski definition) is 0. The van der Waals surface area contributed by atoms with E-state index in [1.807, 2.05) is 0 Å². The van der Waals surface area contributed by atoms with Gasteiger partial charge in [-0.05, 0) is 18.3 Å². The molecule has 0 N–H and O–H groups in total. The molecule has 0 amide bonds. The fourth-order valence-electron chi connectivity index (χ4n) is 1.65. The Morgan fingerprint density at radius 1 is 1.08 bits per heavy atom. The van der Waals surface area contributed by atoms with Crippen LogP contribution in [0, 0.1) is 18.3 Å². The molecule has 0 heteroatoms. The fourth-order valence-corrected chi connectivity index (χ4v) is 1.65. The molecule has 1 atom stereocenters. The molecule has 0 aliphatic carbocycles. The van der Waals surface area contributed by atoms with E-state index < -0.39 is 0 Å². The van der Waals surface area contributed by atoms with Crippen molar-refractivity contribution in [3.63, 3.8) is 0 Å². The van der Waals surface area contributed by atoms with Crippen molar-refractivity contribution in [2.45, 2.75) is 59.8 Å². The molecule has 0 aromatic rings. The molecular weight excluding hydrogens is 144 g/mol. The monoisotopic (exact) mass is 169 g/mol. The van der Waals surface area contributed by atoms with Gasteiger partial charge in [0.2, 0.25) is 0 Å². The first-order valence-electron chi connectivity index (χ1n) is 5.59. The molecule has 0 aromatic heterocycles. The Labute approximate surface area is 78.8 Å². The lowest BCUT2D eigenvalue weighted by atomic mass is 9.89. The highest BCUT2D eigenvalue weighted by Crippen LogP contribution is 2.20. The van der Waals surface area contributed by atoms with Crippen LogP contribution in [0.3, 0.4) is 0 Å². The van der Waals surface area contributed by atoms with Crippen LogP contribution < -0.4 is 0 Å². The van der Waals surface area contributed by atoms with Gasteiger partial charge >= 0.3 is 0 Å². The predicted molar refractivity (Wildman–Crippen MR) is 57.1 cm³/mol. The second kappa shape index (κ2) is 7.64. The first kappa shape index (κ1) is 12.0. The van der Waals surface area contributed by atoms with E-state index in [4.69, 9.17) is 0 Å². The summed E-state index contributed by atoms with van der Waals surface area (Å²) < 4.78 is 0. The average molecular weight is 169 g/mol. The zero-order chi connectivity index (χ0) is 9.40. The molecule has 0 nitrogen and oxygen atoms in total. The number of unbranched alkanes of at least 4 members (excludes halogenated alkanes) is 1. The summed E-state index contributed by atoms with van der Waals surface area (Å²) in [5.74, 6) is 1.69. The van der Waals surface area contributed by atoms with E-state index in [1.165, 1.54) is 32.1 Å². The van der Waals surface area contributed by atoms with Crippen molar-refractivity contribution < 1.29 is 0 Å². The maximum absolute atomic E-state index is 2.55. The molecule has 0 aromatic carbocycles. The summed E-state index contributed by atoms with van der Waals surface area (Å²) >= 11 is 0. The van der Waals surface area contributed by atoms with Crippen LogP contribution in [-0.4, -0.2) is 0 Å². The van der Waals surface area contributed by atoms with Crippen LogP contribution in [0.15, 0.2) is 0 Å². The van der Waals surface area contributed by atoms with Gasteiger partial charge in [0, 0.05) is 0 Å². The third-order valence-corrected chi connectivity index (χ3v) is 2.66. The van der Waals surface area contributed by atoms with E-state index in [0.29, 0.717) is 0 Å². The highest BCUT2D eigenvalue weighted by molar-refractivity contribution is 4.79. The zero-order valence-corrected chi connectivity index (χ0v) is 9.27. The molecule has 1 radical (unpaired) electrons. The van der Waals surface area contributed by atoms with Crippen LogP contribution in [-0.2, 0) is 0 Å². The summed E-state index contributed by atoms with van der Waals surface area (Å²) in [6.07, 6.45) is 9.28. The summed E-state index contributed by atoms with van der Waals surface area (Å²) in [7, 11) is 0. The Bertz CT molecular complexity index is 82.0. The van der Waals surface area contributed by atoms with Gasteiger partial charge in [0.05, 0.1) is 0 Å². The Hall–Kier alpha value is 0. The van der Waals surface area contributed by atoms with Crippen molar-refractivity contribution in [3.05, 3.63) is 6.42 Å². The van der Waals surface area contributed by atoms with Crippen molar-refractivity contribution in [3.8, 4) is 0 Å². The smallest absolute Gasteiger partial charge is 0.0327 e. The van der Waals surface area contributed by atoms with E-state index in [0.717, 1.165) is 11.8 Å². The minimum atomic E-state index is 0.829. The minimum Gasteiger partial charge on any atom is -0.0654 e. The molecule has 0 rings (SSSR count). The molecule has 0 saturated carbocycles. The second-order valence-electron chi connectivity index (χ2n) is 3.89. The van der Waals surface area contributed by atoms with Gasteiger partial charge in [-0.25, -0.2) is 0 Å². The molecule has 0 saturated heterocycles. The summed E-state index contributed by atoms with van der Waals surface area (Å²) in [5.41, 5.74) is 0. The van der Waals surface area contributed by atoms with Crippen molar-refractivity contribution in [2.24, 2.45) is 11.8 Å². The highest BCUT2D eigenvalue weighted by atomic mass is 14.1. The molecule has 0 fully saturated rings. The molecule has 0 spiro atoms. The summed E-state index contributed by atoms with van der Waals surface area (Å²) in [4.78, 5) is 0. The van der Waals surface area contributed by atoms with Gasteiger partial charge in [0.15, 0.2) is 0 Å². The third kappa shape index (κ3) is 5.62. The van der Waals surface area contributed by atoms with Gasteiger partial charge < -0.3 is 0 Å². The lowest BCUT2D eigenvalue weighted by Crippen LogP contribution is -2.05. The summed E-state index contributed by atoms with van der Waals surface area (Å²) in [6, 6.07) is 0. The fraction of sp³-hybridized carbons (Fsp3) is 0.917. The Morgan fingerprint density at radius 3 is 2.08 bits per heavy atom. The Morgan fingerprint density at radius 2 is 1.67 bits per heavy atom. The Kier molecular flexibility index (Phi) is 7.64. The largest absolute Gasteiger partial charge is 0.0654 e. The second-order valence-corrected chi connectivity index (χ2v) is 3.89. The van der Waals surface area contributed by atoms with Crippen LogP contribution >= 0.6 is 0 Å².